The number of carbonyl (C=O) groups excluding carboxylic acids is 1. The lowest BCUT2D eigenvalue weighted by Crippen LogP contribution is -2.34. The molecule has 0 bridgehead atoms. The Morgan fingerprint density at radius 3 is 2.70 bits per heavy atom. The van der Waals surface area contributed by atoms with Gasteiger partial charge in [0.15, 0.2) is 0 Å². The molecule has 1 unspecified atom stereocenters. The zero-order chi connectivity index (χ0) is 14.5. The van der Waals surface area contributed by atoms with E-state index >= 15 is 0 Å². The number of aromatic nitrogens is 1. The van der Waals surface area contributed by atoms with Crippen molar-refractivity contribution in [2.24, 2.45) is 0 Å². The third-order valence-corrected chi connectivity index (χ3v) is 3.34. The molecule has 1 N–H and O–H groups in total. The van der Waals surface area contributed by atoms with Gasteiger partial charge in [-0.25, -0.2) is 4.98 Å². The molecule has 104 valence electrons. The first kappa shape index (κ1) is 14.8. The molecular formula is C15H14Cl2N2O. The highest BCUT2D eigenvalue weighted by molar-refractivity contribution is 6.35. The van der Waals surface area contributed by atoms with Gasteiger partial charge in [0.1, 0.15) is 5.15 Å². The van der Waals surface area contributed by atoms with Gasteiger partial charge in [0.2, 0.25) is 0 Å². The molecule has 1 amide bonds. The van der Waals surface area contributed by atoms with Gasteiger partial charge in [-0.2, -0.15) is 0 Å². The van der Waals surface area contributed by atoms with Crippen molar-refractivity contribution in [1.29, 1.82) is 0 Å². The van der Waals surface area contributed by atoms with Crippen LogP contribution in [0, 0.1) is 0 Å². The van der Waals surface area contributed by atoms with Crippen molar-refractivity contribution < 1.29 is 4.79 Å². The number of carbonyl (C=O) groups is 1. The minimum absolute atomic E-state index is 0.00657. The fourth-order valence-electron chi connectivity index (χ4n) is 1.91. The van der Waals surface area contributed by atoms with E-state index in [1.54, 1.807) is 0 Å². The number of nitrogens with one attached hydrogen (secondary N) is 1. The zero-order valence-electron chi connectivity index (χ0n) is 10.9. The predicted molar refractivity (Wildman–Crippen MR) is 81.3 cm³/mol. The number of hydrogen-bond acceptors (Lipinski definition) is 2. The molecule has 0 saturated heterocycles. The summed E-state index contributed by atoms with van der Waals surface area (Å²) in [5.41, 5.74) is 1.51. The van der Waals surface area contributed by atoms with E-state index in [2.05, 4.69) is 10.3 Å². The van der Waals surface area contributed by atoms with Crippen LogP contribution in [0.1, 0.15) is 22.8 Å². The van der Waals surface area contributed by atoms with Gasteiger partial charge in [-0.1, -0.05) is 53.5 Å². The number of benzene rings is 1. The van der Waals surface area contributed by atoms with Crippen molar-refractivity contribution in [3.63, 3.8) is 0 Å². The summed E-state index contributed by atoms with van der Waals surface area (Å²) in [5.74, 6) is -0.247. The maximum absolute atomic E-state index is 12.1. The first-order valence-electron chi connectivity index (χ1n) is 6.22. The van der Waals surface area contributed by atoms with Crippen LogP contribution >= 0.6 is 23.2 Å². The van der Waals surface area contributed by atoms with Crippen molar-refractivity contribution in [1.82, 2.24) is 10.3 Å². The Morgan fingerprint density at radius 1 is 1.30 bits per heavy atom. The number of amides is 1. The molecule has 5 heteroatoms. The van der Waals surface area contributed by atoms with Crippen molar-refractivity contribution in [3.05, 3.63) is 63.9 Å². The Bertz CT molecular complexity index is 602. The quantitative estimate of drug-likeness (QED) is 0.874. The van der Waals surface area contributed by atoms with E-state index < -0.39 is 0 Å². The first-order chi connectivity index (χ1) is 9.56. The summed E-state index contributed by atoms with van der Waals surface area (Å²) in [4.78, 5) is 16.0. The lowest BCUT2D eigenvalue weighted by molar-refractivity contribution is 0.0940. The summed E-state index contributed by atoms with van der Waals surface area (Å²) >= 11 is 11.7. The lowest BCUT2D eigenvalue weighted by atomic mass is 10.1. The van der Waals surface area contributed by atoms with Gasteiger partial charge in [0.05, 0.1) is 10.6 Å². The van der Waals surface area contributed by atoms with Crippen molar-refractivity contribution in [2.45, 2.75) is 19.4 Å². The van der Waals surface area contributed by atoms with Crippen LogP contribution in [0.5, 0.6) is 0 Å². The highest BCUT2D eigenvalue weighted by Crippen LogP contribution is 2.18. The lowest BCUT2D eigenvalue weighted by Gasteiger charge is -2.14. The van der Waals surface area contributed by atoms with Crippen LogP contribution in [0.4, 0.5) is 0 Å². The first-order valence-corrected chi connectivity index (χ1v) is 6.97. The van der Waals surface area contributed by atoms with Crippen LogP contribution in [0.15, 0.2) is 42.6 Å². The molecule has 20 heavy (non-hydrogen) atoms. The Balaban J connectivity index is 2.02. The largest absolute Gasteiger partial charge is 0.349 e. The monoisotopic (exact) mass is 308 g/mol. The van der Waals surface area contributed by atoms with Gasteiger partial charge < -0.3 is 5.32 Å². The average molecular weight is 309 g/mol. The number of hydrogen-bond donors (Lipinski definition) is 1. The predicted octanol–water partition coefficient (Wildman–Crippen LogP) is 3.75. The summed E-state index contributed by atoms with van der Waals surface area (Å²) < 4.78 is 0. The molecule has 0 radical (unpaired) electrons. The van der Waals surface area contributed by atoms with Gasteiger partial charge in [-0.3, -0.25) is 4.79 Å². The molecule has 1 atom stereocenters. The van der Waals surface area contributed by atoms with Crippen molar-refractivity contribution in [2.75, 3.05) is 0 Å². The Labute approximate surface area is 127 Å². The van der Waals surface area contributed by atoms with Gasteiger partial charge in [0, 0.05) is 12.2 Å². The van der Waals surface area contributed by atoms with Crippen LogP contribution in [0.2, 0.25) is 10.2 Å². The topological polar surface area (TPSA) is 42.0 Å². The maximum Gasteiger partial charge on any atom is 0.253 e. The third kappa shape index (κ3) is 3.95. The standard InChI is InChI=1S/C15H14Cl2N2O/c1-10(7-11-5-3-2-4-6-11)19-15(20)12-8-14(17)18-9-13(12)16/h2-6,8-10H,7H2,1H3,(H,19,20). The van der Waals surface area contributed by atoms with E-state index in [-0.39, 0.29) is 17.1 Å². The molecule has 1 aromatic heterocycles. The van der Waals surface area contributed by atoms with E-state index in [1.165, 1.54) is 17.8 Å². The second kappa shape index (κ2) is 6.73. The second-order valence-corrected chi connectivity index (χ2v) is 5.35. The third-order valence-electron chi connectivity index (χ3n) is 2.83. The molecule has 0 aliphatic carbocycles. The van der Waals surface area contributed by atoms with E-state index in [0.29, 0.717) is 10.6 Å². The molecule has 3 nitrogen and oxygen atoms in total. The van der Waals surface area contributed by atoms with E-state index in [1.807, 2.05) is 37.3 Å². The SMILES string of the molecule is CC(Cc1ccccc1)NC(=O)c1cc(Cl)ncc1Cl. The number of nitrogens with zero attached hydrogens (tertiary/aromatic N) is 1. The summed E-state index contributed by atoms with van der Waals surface area (Å²) in [5, 5.41) is 3.44. The molecule has 2 aromatic rings. The molecule has 0 fully saturated rings. The van der Waals surface area contributed by atoms with Gasteiger partial charge in [-0.05, 0) is 25.0 Å². The van der Waals surface area contributed by atoms with E-state index in [0.717, 1.165) is 6.42 Å². The number of pyridine rings is 1. The summed E-state index contributed by atoms with van der Waals surface area (Å²) in [6, 6.07) is 11.4. The van der Waals surface area contributed by atoms with Gasteiger partial charge >= 0.3 is 0 Å². The van der Waals surface area contributed by atoms with Crippen LogP contribution in [-0.2, 0) is 6.42 Å². The maximum atomic E-state index is 12.1. The fourth-order valence-corrected chi connectivity index (χ4v) is 2.25. The van der Waals surface area contributed by atoms with Crippen LogP contribution in [-0.4, -0.2) is 16.9 Å². The molecule has 0 aliphatic rings. The minimum Gasteiger partial charge on any atom is -0.349 e. The Morgan fingerprint density at radius 2 is 2.00 bits per heavy atom. The van der Waals surface area contributed by atoms with Crippen molar-refractivity contribution >= 4 is 29.1 Å². The summed E-state index contributed by atoms with van der Waals surface area (Å²) in [6.45, 7) is 1.95. The molecule has 1 aromatic carbocycles. The van der Waals surface area contributed by atoms with Crippen LogP contribution < -0.4 is 5.32 Å². The molecule has 1 heterocycles. The Hall–Kier alpha value is -1.58. The second-order valence-electron chi connectivity index (χ2n) is 4.55. The fraction of sp³-hybridized carbons (Fsp3) is 0.200. The normalized spacial score (nSPS) is 11.9. The van der Waals surface area contributed by atoms with E-state index in [4.69, 9.17) is 23.2 Å². The molecular weight excluding hydrogens is 295 g/mol. The zero-order valence-corrected chi connectivity index (χ0v) is 12.4. The average Bonchev–Trinajstić information content (AvgIpc) is 2.42. The van der Waals surface area contributed by atoms with Gasteiger partial charge in [0.25, 0.3) is 5.91 Å². The highest BCUT2D eigenvalue weighted by Gasteiger charge is 2.14. The summed E-state index contributed by atoms with van der Waals surface area (Å²) in [7, 11) is 0. The van der Waals surface area contributed by atoms with Crippen molar-refractivity contribution in [3.8, 4) is 0 Å². The van der Waals surface area contributed by atoms with Gasteiger partial charge in [-0.15, -0.1) is 0 Å². The summed E-state index contributed by atoms with van der Waals surface area (Å²) in [6.07, 6.45) is 2.13. The Kier molecular flexibility index (Phi) is 4.99. The smallest absolute Gasteiger partial charge is 0.253 e. The van der Waals surface area contributed by atoms with Crippen LogP contribution in [0.25, 0.3) is 0 Å². The highest BCUT2D eigenvalue weighted by atomic mass is 35.5. The molecule has 0 saturated carbocycles. The number of rotatable bonds is 4. The van der Waals surface area contributed by atoms with E-state index in [9.17, 15) is 4.79 Å². The molecule has 0 spiro atoms. The number of halogens is 2. The molecule has 2 rings (SSSR count). The molecule has 0 aliphatic heterocycles. The minimum atomic E-state index is -0.247. The van der Waals surface area contributed by atoms with Crippen LogP contribution in [0.3, 0.4) is 0 Å².